The predicted octanol–water partition coefficient (Wildman–Crippen LogP) is 6.06. The lowest BCUT2D eigenvalue weighted by atomic mass is 10.1. The number of aromatic nitrogens is 1. The number of nitrogens with zero attached hydrogens (tertiary/aromatic N) is 1. The summed E-state index contributed by atoms with van der Waals surface area (Å²) in [6.45, 7) is 6.00. The number of nitrogens with one attached hydrogen (secondary N) is 1. The molecular weight excluding hydrogens is 468 g/mol. The molecule has 0 spiro atoms. The average molecular weight is 503 g/mol. The molecule has 0 fully saturated rings. The van der Waals surface area contributed by atoms with Gasteiger partial charge in [-0.1, -0.05) is 56.3 Å². The highest BCUT2D eigenvalue weighted by atomic mass is 16.5. The van der Waals surface area contributed by atoms with E-state index < -0.39 is 0 Å². The normalized spacial score (nSPS) is 10.9. The minimum Gasteiger partial charge on any atom is -0.493 e. The fourth-order valence-corrected chi connectivity index (χ4v) is 3.73. The lowest BCUT2D eigenvalue weighted by Gasteiger charge is -2.15. The van der Waals surface area contributed by atoms with Gasteiger partial charge in [-0.2, -0.15) is 0 Å². The molecule has 4 aromatic rings. The number of benzene rings is 3. The van der Waals surface area contributed by atoms with Crippen LogP contribution in [0.5, 0.6) is 23.0 Å². The van der Waals surface area contributed by atoms with Gasteiger partial charge in [0.05, 0.1) is 26.5 Å². The predicted molar refractivity (Wildman–Crippen MR) is 143 cm³/mol. The van der Waals surface area contributed by atoms with E-state index in [4.69, 9.17) is 23.4 Å². The van der Waals surface area contributed by atoms with Crippen LogP contribution in [0.3, 0.4) is 0 Å². The van der Waals surface area contributed by atoms with E-state index in [-0.39, 0.29) is 0 Å². The van der Waals surface area contributed by atoms with Crippen LogP contribution in [-0.4, -0.2) is 31.9 Å². The highest BCUT2D eigenvalue weighted by molar-refractivity contribution is 5.66. The van der Waals surface area contributed by atoms with Crippen molar-refractivity contribution in [3.8, 4) is 34.5 Å². The average Bonchev–Trinajstić information content (AvgIpc) is 3.40. The van der Waals surface area contributed by atoms with E-state index >= 15 is 0 Å². The van der Waals surface area contributed by atoms with Gasteiger partial charge in [-0.3, -0.25) is 0 Å². The minimum absolute atomic E-state index is 0.396. The summed E-state index contributed by atoms with van der Waals surface area (Å²) in [6, 6.07) is 22.2. The molecule has 0 aliphatic rings. The molecule has 0 atom stereocenters. The smallest absolute Gasteiger partial charge is 0.226 e. The fraction of sp³-hybridized carbons (Fsp3) is 0.300. The molecule has 0 amide bonds. The molecule has 1 N–H and O–H groups in total. The Labute approximate surface area is 218 Å². The Morgan fingerprint density at radius 2 is 1.57 bits per heavy atom. The van der Waals surface area contributed by atoms with Crippen molar-refractivity contribution in [1.82, 2.24) is 10.3 Å². The largest absolute Gasteiger partial charge is 0.493 e. The van der Waals surface area contributed by atoms with Gasteiger partial charge in [-0.25, -0.2) is 4.98 Å². The molecule has 0 aliphatic heterocycles. The topological polar surface area (TPSA) is 75.0 Å². The first kappa shape index (κ1) is 26.1. The first-order valence-corrected chi connectivity index (χ1v) is 12.4. The van der Waals surface area contributed by atoms with E-state index in [2.05, 4.69) is 36.3 Å². The van der Waals surface area contributed by atoms with Gasteiger partial charge < -0.3 is 28.7 Å². The Bertz CT molecular complexity index is 1230. The zero-order chi connectivity index (χ0) is 26.0. The number of hydrogen-bond acceptors (Lipinski definition) is 7. The molecule has 194 valence electrons. The Morgan fingerprint density at radius 3 is 2.22 bits per heavy atom. The monoisotopic (exact) mass is 502 g/mol. The van der Waals surface area contributed by atoms with Crippen LogP contribution in [0.15, 0.2) is 77.4 Å². The van der Waals surface area contributed by atoms with Crippen LogP contribution in [0, 0.1) is 0 Å². The Kier molecular flexibility index (Phi) is 9.05. The molecule has 0 unspecified atom stereocenters. The van der Waals surface area contributed by atoms with E-state index in [1.165, 1.54) is 5.56 Å². The van der Waals surface area contributed by atoms with Crippen molar-refractivity contribution in [2.24, 2.45) is 0 Å². The maximum Gasteiger partial charge on any atom is 0.226 e. The van der Waals surface area contributed by atoms with Crippen molar-refractivity contribution >= 4 is 0 Å². The molecule has 0 saturated carbocycles. The molecule has 0 aliphatic carbocycles. The van der Waals surface area contributed by atoms with Gasteiger partial charge in [0.1, 0.15) is 18.6 Å². The van der Waals surface area contributed by atoms with Crippen LogP contribution < -0.4 is 24.3 Å². The van der Waals surface area contributed by atoms with E-state index in [9.17, 15) is 0 Å². The van der Waals surface area contributed by atoms with Crippen LogP contribution in [0.4, 0.5) is 0 Å². The SMILES string of the molecule is COc1cc(-c2nc(CCOc3ccc(CNC(C)C)cc3)co2)cc(OC)c1OCc1ccccc1. The van der Waals surface area contributed by atoms with Crippen molar-refractivity contribution in [3.05, 3.63) is 89.8 Å². The first-order valence-electron chi connectivity index (χ1n) is 12.4. The molecule has 0 bridgehead atoms. The van der Waals surface area contributed by atoms with Crippen molar-refractivity contribution in [2.75, 3.05) is 20.8 Å². The quantitative estimate of drug-likeness (QED) is 0.238. The molecule has 1 heterocycles. The summed E-state index contributed by atoms with van der Waals surface area (Å²) >= 11 is 0. The van der Waals surface area contributed by atoms with Gasteiger partial charge in [0.2, 0.25) is 11.6 Å². The minimum atomic E-state index is 0.396. The van der Waals surface area contributed by atoms with E-state index in [0.717, 1.165) is 29.1 Å². The Morgan fingerprint density at radius 1 is 0.865 bits per heavy atom. The van der Waals surface area contributed by atoms with E-state index in [0.29, 0.717) is 48.8 Å². The third-order valence-corrected chi connectivity index (χ3v) is 5.75. The number of hydrogen-bond donors (Lipinski definition) is 1. The molecule has 0 saturated heterocycles. The molecule has 7 nitrogen and oxygen atoms in total. The summed E-state index contributed by atoms with van der Waals surface area (Å²) < 4.78 is 28.9. The van der Waals surface area contributed by atoms with Gasteiger partial charge in [-0.05, 0) is 35.4 Å². The van der Waals surface area contributed by atoms with E-state index in [1.54, 1.807) is 20.5 Å². The number of ether oxygens (including phenoxy) is 4. The first-order chi connectivity index (χ1) is 18.1. The Balaban J connectivity index is 1.37. The molecule has 7 heteroatoms. The summed E-state index contributed by atoms with van der Waals surface area (Å²) in [5.74, 6) is 2.92. The lowest BCUT2D eigenvalue weighted by Crippen LogP contribution is -2.21. The van der Waals surface area contributed by atoms with Gasteiger partial charge in [0.15, 0.2) is 11.5 Å². The van der Waals surface area contributed by atoms with Gasteiger partial charge in [0, 0.05) is 24.6 Å². The van der Waals surface area contributed by atoms with Crippen LogP contribution >= 0.6 is 0 Å². The van der Waals surface area contributed by atoms with Crippen LogP contribution in [0.1, 0.15) is 30.7 Å². The number of oxazole rings is 1. The molecule has 37 heavy (non-hydrogen) atoms. The second kappa shape index (κ2) is 12.8. The lowest BCUT2D eigenvalue weighted by molar-refractivity contribution is 0.266. The summed E-state index contributed by atoms with van der Waals surface area (Å²) in [5.41, 5.74) is 3.81. The van der Waals surface area contributed by atoms with Crippen LogP contribution in [0.25, 0.3) is 11.5 Å². The fourth-order valence-electron chi connectivity index (χ4n) is 3.73. The van der Waals surface area contributed by atoms with Gasteiger partial charge in [0.25, 0.3) is 0 Å². The second-order valence-electron chi connectivity index (χ2n) is 8.91. The number of methoxy groups -OCH3 is 2. The van der Waals surface area contributed by atoms with E-state index in [1.807, 2.05) is 54.6 Å². The zero-order valence-corrected chi connectivity index (χ0v) is 21.8. The third-order valence-electron chi connectivity index (χ3n) is 5.75. The van der Waals surface area contributed by atoms with Crippen LogP contribution in [0.2, 0.25) is 0 Å². The maximum atomic E-state index is 6.04. The second-order valence-corrected chi connectivity index (χ2v) is 8.91. The molecule has 1 aromatic heterocycles. The van der Waals surface area contributed by atoms with Gasteiger partial charge in [-0.15, -0.1) is 0 Å². The van der Waals surface area contributed by atoms with Gasteiger partial charge >= 0.3 is 0 Å². The third kappa shape index (κ3) is 7.27. The summed E-state index contributed by atoms with van der Waals surface area (Å²) in [7, 11) is 3.19. The molecular formula is C30H34N2O5. The van der Waals surface area contributed by atoms with Crippen molar-refractivity contribution in [2.45, 2.75) is 39.5 Å². The highest BCUT2D eigenvalue weighted by Crippen LogP contribution is 2.41. The highest BCUT2D eigenvalue weighted by Gasteiger charge is 2.18. The number of rotatable bonds is 13. The molecule has 3 aromatic carbocycles. The maximum absolute atomic E-state index is 6.04. The molecule has 0 radical (unpaired) electrons. The molecule has 4 rings (SSSR count). The van der Waals surface area contributed by atoms with Crippen molar-refractivity contribution < 1.29 is 23.4 Å². The Hall–Kier alpha value is -3.97. The van der Waals surface area contributed by atoms with Crippen molar-refractivity contribution in [1.29, 1.82) is 0 Å². The van der Waals surface area contributed by atoms with Crippen molar-refractivity contribution in [3.63, 3.8) is 0 Å². The summed E-state index contributed by atoms with van der Waals surface area (Å²) in [6.07, 6.45) is 2.27. The summed E-state index contributed by atoms with van der Waals surface area (Å²) in [5, 5.41) is 3.41. The summed E-state index contributed by atoms with van der Waals surface area (Å²) in [4.78, 5) is 4.63. The zero-order valence-electron chi connectivity index (χ0n) is 21.8. The standard InChI is InChI=1S/C30H34N2O5/c1-21(2)31-18-22-10-12-26(13-11-22)35-15-14-25-20-37-30(32-25)24-16-27(33-3)29(28(17-24)34-4)36-19-23-8-6-5-7-9-23/h5-13,16-17,20-21,31H,14-15,18-19H2,1-4H3. The van der Waals surface area contributed by atoms with Crippen LogP contribution in [-0.2, 0) is 19.6 Å².